The Morgan fingerprint density at radius 3 is 2.29 bits per heavy atom. The molecule has 0 aromatic carbocycles. The molecule has 1 heterocycles. The summed E-state index contributed by atoms with van der Waals surface area (Å²) >= 11 is 0. The molecule has 2 atom stereocenters. The second-order valence-electron chi connectivity index (χ2n) is 8.60. The molecule has 3 nitrogen and oxygen atoms in total. The van der Waals surface area contributed by atoms with E-state index in [2.05, 4.69) is 18.7 Å². The molecule has 1 aliphatic heterocycles. The lowest BCUT2D eigenvalue weighted by Crippen LogP contribution is -2.51. The normalized spacial score (nSPS) is 29.8. The lowest BCUT2D eigenvalue weighted by molar-refractivity contribution is -0.161. The van der Waals surface area contributed by atoms with Gasteiger partial charge >= 0.3 is 5.97 Å². The molecule has 1 saturated carbocycles. The maximum atomic E-state index is 12.0. The number of likely N-dealkylation sites (tertiary alicyclic amines) is 1. The molecule has 2 aliphatic rings. The number of piperidine rings is 1. The Balaban J connectivity index is 1.79. The smallest absolute Gasteiger partial charge is 0.306 e. The third-order valence-electron chi connectivity index (χ3n) is 5.43. The molecule has 2 rings (SSSR count). The Kier molecular flexibility index (Phi) is 5.02. The third kappa shape index (κ3) is 4.45. The van der Waals surface area contributed by atoms with Crippen molar-refractivity contribution >= 4 is 5.97 Å². The molecule has 0 amide bonds. The summed E-state index contributed by atoms with van der Waals surface area (Å²) in [5.74, 6) is 1.20. The zero-order valence-corrected chi connectivity index (χ0v) is 14.6. The van der Waals surface area contributed by atoms with Crippen LogP contribution in [-0.2, 0) is 9.53 Å². The van der Waals surface area contributed by atoms with Crippen molar-refractivity contribution in [1.29, 1.82) is 0 Å². The van der Waals surface area contributed by atoms with E-state index in [1.54, 1.807) is 0 Å². The molecule has 0 spiro atoms. The average Bonchev–Trinajstić information content (AvgIpc) is 2.36. The first-order valence-corrected chi connectivity index (χ1v) is 8.62. The molecular formula is C18H33NO2. The van der Waals surface area contributed by atoms with Crippen molar-refractivity contribution < 1.29 is 9.53 Å². The van der Waals surface area contributed by atoms with Gasteiger partial charge in [-0.05, 0) is 70.4 Å². The molecule has 0 aromatic rings. The number of rotatable bonds is 4. The average molecular weight is 295 g/mol. The van der Waals surface area contributed by atoms with E-state index >= 15 is 0 Å². The fourth-order valence-corrected chi connectivity index (χ4v) is 3.82. The maximum Gasteiger partial charge on any atom is 0.306 e. The fraction of sp³-hybridized carbons (Fsp3) is 0.944. The molecule has 1 aliphatic carbocycles. The van der Waals surface area contributed by atoms with Crippen LogP contribution in [0.15, 0.2) is 0 Å². The summed E-state index contributed by atoms with van der Waals surface area (Å²) in [6, 6.07) is 0. The summed E-state index contributed by atoms with van der Waals surface area (Å²) in [6.45, 7) is 14.2. The Morgan fingerprint density at radius 1 is 1.14 bits per heavy atom. The summed E-state index contributed by atoms with van der Waals surface area (Å²) in [7, 11) is 0. The van der Waals surface area contributed by atoms with Crippen LogP contribution in [-0.4, -0.2) is 36.1 Å². The van der Waals surface area contributed by atoms with Crippen molar-refractivity contribution in [2.24, 2.45) is 17.3 Å². The number of nitrogens with zero attached hydrogens (tertiary/aromatic N) is 1. The predicted octanol–water partition coefficient (Wildman–Crippen LogP) is 3.87. The zero-order valence-electron chi connectivity index (χ0n) is 14.6. The van der Waals surface area contributed by atoms with Crippen LogP contribution in [0.3, 0.4) is 0 Å². The SMILES string of the molecule is CC(C)(C)OC(=O)CC1CC(CN2CCCCC2)C1(C)C. The van der Waals surface area contributed by atoms with Gasteiger partial charge in [-0.15, -0.1) is 0 Å². The third-order valence-corrected chi connectivity index (χ3v) is 5.43. The van der Waals surface area contributed by atoms with E-state index in [0.29, 0.717) is 12.3 Å². The van der Waals surface area contributed by atoms with Crippen LogP contribution in [0.25, 0.3) is 0 Å². The van der Waals surface area contributed by atoms with Crippen molar-refractivity contribution in [1.82, 2.24) is 4.90 Å². The van der Waals surface area contributed by atoms with E-state index in [-0.39, 0.29) is 17.0 Å². The van der Waals surface area contributed by atoms with E-state index in [4.69, 9.17) is 4.74 Å². The molecule has 2 fully saturated rings. The highest BCUT2D eigenvalue weighted by atomic mass is 16.6. The van der Waals surface area contributed by atoms with Gasteiger partial charge < -0.3 is 9.64 Å². The quantitative estimate of drug-likeness (QED) is 0.737. The van der Waals surface area contributed by atoms with Crippen molar-refractivity contribution in [2.45, 2.75) is 72.3 Å². The Hall–Kier alpha value is -0.570. The number of hydrogen-bond acceptors (Lipinski definition) is 3. The van der Waals surface area contributed by atoms with Crippen LogP contribution in [0, 0.1) is 17.3 Å². The van der Waals surface area contributed by atoms with Gasteiger partial charge in [0.15, 0.2) is 0 Å². The van der Waals surface area contributed by atoms with Gasteiger partial charge in [-0.3, -0.25) is 4.79 Å². The number of hydrogen-bond donors (Lipinski definition) is 0. The predicted molar refractivity (Wildman–Crippen MR) is 86.1 cm³/mol. The Morgan fingerprint density at radius 2 is 1.76 bits per heavy atom. The van der Waals surface area contributed by atoms with Crippen LogP contribution >= 0.6 is 0 Å². The summed E-state index contributed by atoms with van der Waals surface area (Å²) < 4.78 is 5.47. The molecule has 122 valence electrons. The van der Waals surface area contributed by atoms with E-state index in [9.17, 15) is 4.79 Å². The molecule has 2 unspecified atom stereocenters. The van der Waals surface area contributed by atoms with E-state index in [1.807, 2.05) is 20.8 Å². The lowest BCUT2D eigenvalue weighted by Gasteiger charge is -2.54. The van der Waals surface area contributed by atoms with E-state index in [1.165, 1.54) is 45.3 Å². The molecule has 0 radical (unpaired) electrons. The molecule has 0 bridgehead atoms. The largest absolute Gasteiger partial charge is 0.460 e. The molecule has 1 saturated heterocycles. The standard InChI is InChI=1S/C18H33NO2/c1-17(2,3)21-16(20)12-14-11-15(18(14,4)5)13-19-9-7-6-8-10-19/h14-15H,6-13H2,1-5H3. The highest BCUT2D eigenvalue weighted by molar-refractivity contribution is 5.70. The summed E-state index contributed by atoms with van der Waals surface area (Å²) in [4.78, 5) is 14.6. The maximum absolute atomic E-state index is 12.0. The molecule has 0 N–H and O–H groups in total. The van der Waals surface area contributed by atoms with Crippen LogP contribution in [0.4, 0.5) is 0 Å². The molecular weight excluding hydrogens is 262 g/mol. The second-order valence-corrected chi connectivity index (χ2v) is 8.60. The minimum Gasteiger partial charge on any atom is -0.460 e. The van der Waals surface area contributed by atoms with Crippen LogP contribution in [0.2, 0.25) is 0 Å². The van der Waals surface area contributed by atoms with Gasteiger partial charge in [-0.25, -0.2) is 0 Å². The van der Waals surface area contributed by atoms with Gasteiger partial charge in [0.2, 0.25) is 0 Å². The highest BCUT2D eigenvalue weighted by Crippen LogP contribution is 2.53. The van der Waals surface area contributed by atoms with Crippen LogP contribution in [0.5, 0.6) is 0 Å². The monoisotopic (exact) mass is 295 g/mol. The second kappa shape index (κ2) is 6.28. The Bertz CT molecular complexity index is 364. The number of esters is 1. The van der Waals surface area contributed by atoms with Crippen molar-refractivity contribution in [2.75, 3.05) is 19.6 Å². The Labute approximate surface area is 130 Å². The van der Waals surface area contributed by atoms with Gasteiger partial charge in [0.25, 0.3) is 0 Å². The first kappa shape index (κ1) is 16.8. The van der Waals surface area contributed by atoms with Crippen molar-refractivity contribution in [3.8, 4) is 0 Å². The minimum absolute atomic E-state index is 0.0306. The first-order chi connectivity index (χ1) is 9.68. The van der Waals surface area contributed by atoms with Gasteiger partial charge in [-0.1, -0.05) is 20.3 Å². The van der Waals surface area contributed by atoms with Gasteiger partial charge in [0.05, 0.1) is 0 Å². The van der Waals surface area contributed by atoms with Crippen molar-refractivity contribution in [3.63, 3.8) is 0 Å². The highest BCUT2D eigenvalue weighted by Gasteiger charge is 2.49. The van der Waals surface area contributed by atoms with Crippen LogP contribution in [0.1, 0.15) is 66.7 Å². The topological polar surface area (TPSA) is 29.5 Å². The van der Waals surface area contributed by atoms with E-state index < -0.39 is 0 Å². The van der Waals surface area contributed by atoms with Gasteiger partial charge in [0.1, 0.15) is 5.60 Å². The molecule has 3 heteroatoms. The van der Waals surface area contributed by atoms with Gasteiger partial charge in [0, 0.05) is 13.0 Å². The first-order valence-electron chi connectivity index (χ1n) is 8.62. The summed E-state index contributed by atoms with van der Waals surface area (Å²) in [6.07, 6.45) is 5.87. The summed E-state index contributed by atoms with van der Waals surface area (Å²) in [5, 5.41) is 0. The number of carbonyl (C=O) groups excluding carboxylic acids is 1. The summed E-state index contributed by atoms with van der Waals surface area (Å²) in [5.41, 5.74) is -0.0907. The van der Waals surface area contributed by atoms with E-state index in [0.717, 1.165) is 5.92 Å². The number of carbonyl (C=O) groups is 1. The van der Waals surface area contributed by atoms with Crippen LogP contribution < -0.4 is 0 Å². The lowest BCUT2D eigenvalue weighted by atomic mass is 9.53. The van der Waals surface area contributed by atoms with Gasteiger partial charge in [-0.2, -0.15) is 0 Å². The molecule has 0 aromatic heterocycles. The zero-order chi connectivity index (χ0) is 15.7. The minimum atomic E-state index is -0.363. The van der Waals surface area contributed by atoms with Crippen molar-refractivity contribution in [3.05, 3.63) is 0 Å². The molecule has 21 heavy (non-hydrogen) atoms. The fourth-order valence-electron chi connectivity index (χ4n) is 3.82. The number of ether oxygens (including phenoxy) is 1.